The van der Waals surface area contributed by atoms with Crippen molar-refractivity contribution in [1.29, 1.82) is 0 Å². The monoisotopic (exact) mass is 476 g/mol. The summed E-state index contributed by atoms with van der Waals surface area (Å²) in [6.45, 7) is 1.60. The molecule has 2 N–H and O–H groups in total. The van der Waals surface area contributed by atoms with Crippen LogP contribution in [0.1, 0.15) is 34.8 Å². The second-order valence-electron chi connectivity index (χ2n) is 7.29. The molecule has 0 aliphatic carbocycles. The third kappa shape index (κ3) is 4.96. The lowest BCUT2D eigenvalue weighted by Crippen LogP contribution is -2.38. The Morgan fingerprint density at radius 1 is 1.09 bits per heavy atom. The zero-order chi connectivity index (χ0) is 24.5. The third-order valence-corrected chi connectivity index (χ3v) is 4.88. The van der Waals surface area contributed by atoms with Crippen LogP contribution < -0.4 is 5.32 Å². The quantitative estimate of drug-likeness (QED) is 0.313. The van der Waals surface area contributed by atoms with Crippen molar-refractivity contribution in [3.8, 4) is 22.8 Å². The van der Waals surface area contributed by atoms with Gasteiger partial charge in [0.25, 0.3) is 5.91 Å². The number of carbonyl (C=O) groups is 1. The summed E-state index contributed by atoms with van der Waals surface area (Å²) in [5.74, 6) is -3.42. The van der Waals surface area contributed by atoms with E-state index in [0.717, 1.165) is 0 Å². The van der Waals surface area contributed by atoms with Gasteiger partial charge in [0, 0.05) is 22.6 Å². The molecule has 12 heteroatoms. The van der Waals surface area contributed by atoms with Gasteiger partial charge >= 0.3 is 12.1 Å². The fourth-order valence-corrected chi connectivity index (χ4v) is 2.98. The first kappa shape index (κ1) is 23.1. The zero-order valence-electron chi connectivity index (χ0n) is 17.4. The van der Waals surface area contributed by atoms with Gasteiger partial charge in [0.2, 0.25) is 11.7 Å². The van der Waals surface area contributed by atoms with E-state index in [-0.39, 0.29) is 22.8 Å². The van der Waals surface area contributed by atoms with E-state index in [1.165, 1.54) is 54.8 Å². The number of alkyl halides is 3. The summed E-state index contributed by atoms with van der Waals surface area (Å²) in [7, 11) is 0. The van der Waals surface area contributed by atoms with Crippen molar-refractivity contribution in [2.75, 3.05) is 0 Å². The number of hydrogen-bond acceptors (Lipinski definition) is 7. The third-order valence-electron chi connectivity index (χ3n) is 4.88. The van der Waals surface area contributed by atoms with Crippen LogP contribution in [-0.4, -0.2) is 32.4 Å². The molecule has 1 amide bonds. The summed E-state index contributed by atoms with van der Waals surface area (Å²) in [6, 6.07) is 11.0. The van der Waals surface area contributed by atoms with Gasteiger partial charge in [0.05, 0.1) is 5.69 Å². The molecular weight excluding hydrogens is 460 g/mol. The van der Waals surface area contributed by atoms with E-state index in [2.05, 4.69) is 25.0 Å². The zero-order valence-corrected chi connectivity index (χ0v) is 17.4. The molecule has 2 aromatic heterocycles. The molecule has 0 aliphatic rings. The van der Waals surface area contributed by atoms with E-state index in [1.807, 2.05) is 0 Å². The number of aliphatic hydroxyl groups excluding tert-OH is 1. The van der Waals surface area contributed by atoms with Crippen LogP contribution in [0.5, 0.6) is 0 Å². The fourth-order valence-electron chi connectivity index (χ4n) is 2.98. The standard InChI is InChI=1S/C22H16F4N4O4/c1-11(16-10-33-20(27-16)12-5-7-15(23)8-6-12)18(31)29-19(32)14-4-2-3-13(9-14)17-28-21(34-30-17)22(24,25)26/h2-11,18,31H,1H3,(H,29,32). The van der Waals surface area contributed by atoms with Crippen molar-refractivity contribution in [2.45, 2.75) is 25.2 Å². The highest BCUT2D eigenvalue weighted by molar-refractivity contribution is 5.95. The summed E-state index contributed by atoms with van der Waals surface area (Å²) >= 11 is 0. The Morgan fingerprint density at radius 3 is 2.50 bits per heavy atom. The average molecular weight is 476 g/mol. The molecule has 8 nitrogen and oxygen atoms in total. The molecule has 2 atom stereocenters. The molecular formula is C22H16F4N4O4. The highest BCUT2D eigenvalue weighted by atomic mass is 19.4. The topological polar surface area (TPSA) is 114 Å². The molecule has 4 rings (SSSR count). The number of benzene rings is 2. The van der Waals surface area contributed by atoms with Crippen molar-refractivity contribution in [1.82, 2.24) is 20.4 Å². The minimum atomic E-state index is -4.79. The highest BCUT2D eigenvalue weighted by Crippen LogP contribution is 2.29. The lowest BCUT2D eigenvalue weighted by atomic mass is 10.1. The average Bonchev–Trinajstić information content (AvgIpc) is 3.49. The Kier molecular flexibility index (Phi) is 6.16. The van der Waals surface area contributed by atoms with Crippen molar-refractivity contribution in [2.24, 2.45) is 0 Å². The first-order valence-electron chi connectivity index (χ1n) is 9.83. The molecule has 4 aromatic rings. The van der Waals surface area contributed by atoms with Gasteiger partial charge in [0.1, 0.15) is 18.3 Å². The van der Waals surface area contributed by atoms with E-state index in [1.54, 1.807) is 6.92 Å². The Bertz CT molecular complexity index is 1300. The van der Waals surface area contributed by atoms with Crippen LogP contribution >= 0.6 is 0 Å². The predicted molar refractivity (Wildman–Crippen MR) is 109 cm³/mol. The van der Waals surface area contributed by atoms with E-state index < -0.39 is 35.9 Å². The number of aromatic nitrogens is 3. The van der Waals surface area contributed by atoms with Gasteiger partial charge in [-0.3, -0.25) is 4.79 Å². The van der Waals surface area contributed by atoms with E-state index in [4.69, 9.17) is 4.42 Å². The molecule has 2 unspecified atom stereocenters. The first-order chi connectivity index (χ1) is 16.1. The molecule has 0 saturated heterocycles. The van der Waals surface area contributed by atoms with Gasteiger partial charge in [-0.2, -0.15) is 18.2 Å². The van der Waals surface area contributed by atoms with Crippen molar-refractivity contribution in [3.63, 3.8) is 0 Å². The first-order valence-corrected chi connectivity index (χ1v) is 9.83. The van der Waals surface area contributed by atoms with Crippen molar-refractivity contribution < 1.29 is 36.4 Å². The Balaban J connectivity index is 1.45. The summed E-state index contributed by atoms with van der Waals surface area (Å²) in [5, 5.41) is 16.2. The normalized spacial score (nSPS) is 13.5. The van der Waals surface area contributed by atoms with E-state index in [9.17, 15) is 27.5 Å². The highest BCUT2D eigenvalue weighted by Gasteiger charge is 2.38. The second-order valence-corrected chi connectivity index (χ2v) is 7.29. The minimum Gasteiger partial charge on any atom is -0.444 e. The number of aliphatic hydroxyl groups is 1. The molecule has 176 valence electrons. The predicted octanol–water partition coefficient (Wildman–Crippen LogP) is 4.40. The smallest absolute Gasteiger partial charge is 0.444 e. The molecule has 34 heavy (non-hydrogen) atoms. The van der Waals surface area contributed by atoms with Gasteiger partial charge < -0.3 is 19.4 Å². The van der Waals surface area contributed by atoms with Crippen molar-refractivity contribution >= 4 is 5.91 Å². The van der Waals surface area contributed by atoms with Crippen LogP contribution in [0.15, 0.2) is 63.7 Å². The van der Waals surface area contributed by atoms with E-state index >= 15 is 0 Å². The van der Waals surface area contributed by atoms with Gasteiger partial charge in [0.15, 0.2) is 0 Å². The van der Waals surface area contributed by atoms with Gasteiger partial charge in [-0.1, -0.05) is 24.2 Å². The maximum Gasteiger partial charge on any atom is 0.471 e. The lowest BCUT2D eigenvalue weighted by molar-refractivity contribution is -0.159. The van der Waals surface area contributed by atoms with Crippen LogP contribution in [-0.2, 0) is 6.18 Å². The van der Waals surface area contributed by atoms with Crippen LogP contribution in [0.3, 0.4) is 0 Å². The Hall–Kier alpha value is -4.06. The second kappa shape index (κ2) is 9.06. The van der Waals surface area contributed by atoms with E-state index in [0.29, 0.717) is 11.3 Å². The van der Waals surface area contributed by atoms with Crippen LogP contribution in [0.4, 0.5) is 17.6 Å². The number of oxazole rings is 1. The number of hydrogen-bond donors (Lipinski definition) is 2. The maximum atomic E-state index is 13.1. The van der Waals surface area contributed by atoms with Crippen LogP contribution in [0.2, 0.25) is 0 Å². The summed E-state index contributed by atoms with van der Waals surface area (Å²) in [5.41, 5.74) is 1.04. The summed E-state index contributed by atoms with van der Waals surface area (Å²) < 4.78 is 60.7. The van der Waals surface area contributed by atoms with Gasteiger partial charge in [-0.25, -0.2) is 9.37 Å². The number of halogens is 4. The number of nitrogens with one attached hydrogen (secondary N) is 1. The minimum absolute atomic E-state index is 0.0502. The lowest BCUT2D eigenvalue weighted by Gasteiger charge is -2.18. The molecule has 2 aromatic carbocycles. The molecule has 0 radical (unpaired) electrons. The Labute approximate surface area is 189 Å². The number of carbonyl (C=O) groups excluding carboxylic acids is 1. The maximum absolute atomic E-state index is 13.1. The molecule has 0 spiro atoms. The summed E-state index contributed by atoms with van der Waals surface area (Å²) in [4.78, 5) is 20.2. The number of nitrogens with zero attached hydrogens (tertiary/aromatic N) is 3. The van der Waals surface area contributed by atoms with Gasteiger partial charge in [-0.05, 0) is 36.4 Å². The SMILES string of the molecule is CC(c1coc(-c2ccc(F)cc2)n1)C(O)NC(=O)c1cccc(-c2noc(C(F)(F)F)n2)c1. The molecule has 0 saturated carbocycles. The molecule has 0 fully saturated rings. The summed E-state index contributed by atoms with van der Waals surface area (Å²) in [6.07, 6.45) is -4.85. The van der Waals surface area contributed by atoms with Crippen molar-refractivity contribution in [3.05, 3.63) is 77.8 Å². The Morgan fingerprint density at radius 2 is 1.82 bits per heavy atom. The largest absolute Gasteiger partial charge is 0.471 e. The molecule has 0 bridgehead atoms. The van der Waals surface area contributed by atoms with Gasteiger partial charge in [-0.15, -0.1) is 0 Å². The number of rotatable bonds is 6. The van der Waals surface area contributed by atoms with Crippen LogP contribution in [0, 0.1) is 5.82 Å². The molecule has 2 heterocycles. The molecule has 0 aliphatic heterocycles. The number of amides is 1. The van der Waals surface area contributed by atoms with Crippen LogP contribution in [0.25, 0.3) is 22.8 Å². The fraction of sp³-hybridized carbons (Fsp3) is 0.182.